The molecule has 0 bridgehead atoms. The van der Waals surface area contributed by atoms with Gasteiger partial charge in [-0.2, -0.15) is 0 Å². The zero-order valence-electron chi connectivity index (χ0n) is 6.02. The number of fused-ring (bicyclic) bond motifs is 1. The number of nitrogens with zero attached hydrogens (tertiary/aromatic N) is 2. The van der Waals surface area contributed by atoms with Gasteiger partial charge >= 0.3 is 0 Å². The van der Waals surface area contributed by atoms with Crippen molar-refractivity contribution in [3.05, 3.63) is 11.6 Å². The van der Waals surface area contributed by atoms with Crippen molar-refractivity contribution in [2.24, 2.45) is 0 Å². The SMILES string of the molecule is Cl.Nc1cc2scnc2c(N)n1. The van der Waals surface area contributed by atoms with Gasteiger partial charge in [0.15, 0.2) is 5.82 Å². The molecule has 4 N–H and O–H groups in total. The minimum Gasteiger partial charge on any atom is -0.384 e. The second-order valence-electron chi connectivity index (χ2n) is 2.13. The molecule has 64 valence electrons. The van der Waals surface area contributed by atoms with E-state index in [1.165, 1.54) is 11.3 Å². The first-order valence-corrected chi connectivity index (χ1v) is 3.90. The van der Waals surface area contributed by atoms with Crippen molar-refractivity contribution in [3.63, 3.8) is 0 Å². The van der Waals surface area contributed by atoms with Crippen LogP contribution in [-0.2, 0) is 0 Å². The number of pyridine rings is 1. The number of anilines is 2. The number of thiazole rings is 1. The van der Waals surface area contributed by atoms with Gasteiger partial charge in [-0.05, 0) is 6.07 Å². The van der Waals surface area contributed by atoms with Crippen LogP contribution in [0.4, 0.5) is 11.6 Å². The first-order valence-electron chi connectivity index (χ1n) is 3.02. The molecule has 12 heavy (non-hydrogen) atoms. The Labute approximate surface area is 79.0 Å². The van der Waals surface area contributed by atoms with Gasteiger partial charge in [0.05, 0.1) is 10.2 Å². The van der Waals surface area contributed by atoms with E-state index in [9.17, 15) is 0 Å². The van der Waals surface area contributed by atoms with Gasteiger partial charge in [0.25, 0.3) is 0 Å². The number of nitrogens with two attached hydrogens (primary N) is 2. The summed E-state index contributed by atoms with van der Waals surface area (Å²) in [6, 6.07) is 1.77. The molecule has 0 aromatic carbocycles. The first kappa shape index (κ1) is 9.02. The van der Waals surface area contributed by atoms with Crippen molar-refractivity contribution in [2.75, 3.05) is 11.5 Å². The average molecular weight is 203 g/mol. The fraction of sp³-hybridized carbons (Fsp3) is 0. The molecule has 2 aromatic rings. The third-order valence-electron chi connectivity index (χ3n) is 1.37. The van der Waals surface area contributed by atoms with Gasteiger partial charge in [0.2, 0.25) is 0 Å². The number of hydrogen-bond donors (Lipinski definition) is 2. The Morgan fingerprint density at radius 2 is 2.08 bits per heavy atom. The number of halogens is 1. The van der Waals surface area contributed by atoms with E-state index in [1.807, 2.05) is 0 Å². The lowest BCUT2D eigenvalue weighted by Crippen LogP contribution is -1.95. The molecule has 0 aliphatic rings. The molecule has 0 fully saturated rings. The van der Waals surface area contributed by atoms with E-state index in [1.54, 1.807) is 11.6 Å². The summed E-state index contributed by atoms with van der Waals surface area (Å²) in [4.78, 5) is 7.91. The van der Waals surface area contributed by atoms with Crippen LogP contribution in [-0.4, -0.2) is 9.97 Å². The summed E-state index contributed by atoms with van der Waals surface area (Å²) in [7, 11) is 0. The van der Waals surface area contributed by atoms with Crippen LogP contribution in [0.5, 0.6) is 0 Å². The monoisotopic (exact) mass is 202 g/mol. The highest BCUT2D eigenvalue weighted by atomic mass is 35.5. The standard InChI is InChI=1S/C6H6N4S.ClH/c7-4-1-3-5(6(8)10-4)9-2-11-3;/h1-2H,(H4,7,8,10);1H. The van der Waals surface area contributed by atoms with Crippen molar-refractivity contribution in [1.82, 2.24) is 9.97 Å². The summed E-state index contributed by atoms with van der Waals surface area (Å²) in [5.74, 6) is 0.848. The molecule has 2 heterocycles. The predicted molar refractivity (Wildman–Crippen MR) is 53.5 cm³/mol. The third kappa shape index (κ3) is 1.28. The molecule has 0 unspecified atom stereocenters. The predicted octanol–water partition coefficient (Wildman–Crippen LogP) is 1.28. The van der Waals surface area contributed by atoms with Gasteiger partial charge in [-0.1, -0.05) is 0 Å². The Kier molecular flexibility index (Phi) is 2.35. The van der Waals surface area contributed by atoms with Crippen molar-refractivity contribution < 1.29 is 0 Å². The molecule has 0 atom stereocenters. The zero-order chi connectivity index (χ0) is 7.84. The van der Waals surface area contributed by atoms with Crippen molar-refractivity contribution in [1.29, 1.82) is 0 Å². The number of hydrogen-bond acceptors (Lipinski definition) is 5. The highest BCUT2D eigenvalue weighted by Crippen LogP contribution is 2.23. The molecule has 2 aromatic heterocycles. The molecular formula is C6H7ClN4S. The van der Waals surface area contributed by atoms with Crippen LogP contribution < -0.4 is 11.5 Å². The number of aromatic nitrogens is 2. The van der Waals surface area contributed by atoms with E-state index < -0.39 is 0 Å². The van der Waals surface area contributed by atoms with Gasteiger partial charge in [-0.25, -0.2) is 9.97 Å². The zero-order valence-corrected chi connectivity index (χ0v) is 7.65. The normalized spacial score (nSPS) is 9.67. The Morgan fingerprint density at radius 3 is 2.83 bits per heavy atom. The van der Waals surface area contributed by atoms with Crippen LogP contribution in [0.3, 0.4) is 0 Å². The average Bonchev–Trinajstić information content (AvgIpc) is 2.34. The van der Waals surface area contributed by atoms with Crippen LogP contribution in [0.15, 0.2) is 11.6 Å². The third-order valence-corrected chi connectivity index (χ3v) is 2.14. The Morgan fingerprint density at radius 1 is 1.33 bits per heavy atom. The maximum absolute atomic E-state index is 5.55. The van der Waals surface area contributed by atoms with Gasteiger partial charge in [-0.3, -0.25) is 0 Å². The highest BCUT2D eigenvalue weighted by molar-refractivity contribution is 7.16. The van der Waals surface area contributed by atoms with Crippen LogP contribution in [0.25, 0.3) is 10.2 Å². The van der Waals surface area contributed by atoms with E-state index >= 15 is 0 Å². The van der Waals surface area contributed by atoms with Crippen LogP contribution in [0.1, 0.15) is 0 Å². The lowest BCUT2D eigenvalue weighted by molar-refractivity contribution is 1.35. The minimum atomic E-state index is 0. The second-order valence-corrected chi connectivity index (χ2v) is 3.02. The maximum Gasteiger partial charge on any atom is 0.153 e. The largest absolute Gasteiger partial charge is 0.384 e. The summed E-state index contributed by atoms with van der Waals surface area (Å²) < 4.78 is 0.981. The smallest absolute Gasteiger partial charge is 0.153 e. The lowest BCUT2D eigenvalue weighted by atomic mass is 10.4. The van der Waals surface area contributed by atoms with E-state index in [0.717, 1.165) is 10.2 Å². The molecule has 0 amide bonds. The molecule has 2 rings (SSSR count). The Hall–Kier alpha value is -1.07. The summed E-state index contributed by atoms with van der Waals surface area (Å²) >= 11 is 1.50. The van der Waals surface area contributed by atoms with Crippen LogP contribution in [0, 0.1) is 0 Å². The van der Waals surface area contributed by atoms with Crippen molar-refractivity contribution >= 4 is 45.6 Å². The molecular weight excluding hydrogens is 196 g/mol. The molecule has 4 nitrogen and oxygen atoms in total. The molecule has 0 aliphatic carbocycles. The molecule has 0 saturated heterocycles. The quantitative estimate of drug-likeness (QED) is 0.675. The van der Waals surface area contributed by atoms with Gasteiger partial charge in [-0.15, -0.1) is 23.7 Å². The fourth-order valence-electron chi connectivity index (χ4n) is 0.909. The van der Waals surface area contributed by atoms with Gasteiger partial charge in [0.1, 0.15) is 11.3 Å². The minimum absolute atomic E-state index is 0. The lowest BCUT2D eigenvalue weighted by Gasteiger charge is -1.94. The van der Waals surface area contributed by atoms with Crippen LogP contribution >= 0.6 is 23.7 Å². The molecule has 0 spiro atoms. The summed E-state index contributed by atoms with van der Waals surface area (Å²) in [5, 5.41) is 0. The van der Waals surface area contributed by atoms with E-state index in [0.29, 0.717) is 11.6 Å². The number of rotatable bonds is 0. The van der Waals surface area contributed by atoms with Crippen LogP contribution in [0.2, 0.25) is 0 Å². The highest BCUT2D eigenvalue weighted by Gasteiger charge is 2.02. The summed E-state index contributed by atoms with van der Waals surface area (Å²) in [6.07, 6.45) is 0. The Bertz CT molecular complexity index is 399. The number of nitrogen functional groups attached to an aromatic ring is 2. The summed E-state index contributed by atoms with van der Waals surface area (Å²) in [5.41, 5.74) is 13.5. The molecule has 0 saturated carbocycles. The van der Waals surface area contributed by atoms with E-state index in [4.69, 9.17) is 11.5 Å². The van der Waals surface area contributed by atoms with Crippen molar-refractivity contribution in [3.8, 4) is 0 Å². The maximum atomic E-state index is 5.55. The summed E-state index contributed by atoms with van der Waals surface area (Å²) in [6.45, 7) is 0. The molecule has 0 aliphatic heterocycles. The molecule has 6 heteroatoms. The first-order chi connectivity index (χ1) is 5.27. The Balaban J connectivity index is 0.000000720. The molecule has 0 radical (unpaired) electrons. The fourth-order valence-corrected chi connectivity index (χ4v) is 1.64. The van der Waals surface area contributed by atoms with Gasteiger partial charge in [0, 0.05) is 0 Å². The van der Waals surface area contributed by atoms with E-state index in [-0.39, 0.29) is 12.4 Å². The topological polar surface area (TPSA) is 77.8 Å². The van der Waals surface area contributed by atoms with Crippen molar-refractivity contribution in [2.45, 2.75) is 0 Å². The van der Waals surface area contributed by atoms with Gasteiger partial charge < -0.3 is 11.5 Å². The second kappa shape index (κ2) is 3.12. The van der Waals surface area contributed by atoms with E-state index in [2.05, 4.69) is 9.97 Å².